The number of amides is 1. The Morgan fingerprint density at radius 3 is 2.50 bits per heavy atom. The third-order valence-corrected chi connectivity index (χ3v) is 6.63. The molecule has 0 saturated carbocycles. The van der Waals surface area contributed by atoms with Crippen LogP contribution in [0.15, 0.2) is 53.4 Å². The molecule has 0 spiro atoms. The van der Waals surface area contributed by atoms with E-state index in [9.17, 15) is 13.2 Å². The highest BCUT2D eigenvalue weighted by Crippen LogP contribution is 2.22. The van der Waals surface area contributed by atoms with Crippen LogP contribution in [0.5, 0.6) is 0 Å². The maximum absolute atomic E-state index is 12.7. The lowest BCUT2D eigenvalue weighted by atomic mass is 10.1. The predicted molar refractivity (Wildman–Crippen MR) is 102 cm³/mol. The normalized spacial score (nSPS) is 16.4. The summed E-state index contributed by atoms with van der Waals surface area (Å²) < 4.78 is 26.8. The lowest BCUT2D eigenvalue weighted by Crippen LogP contribution is -2.29. The Kier molecular flexibility index (Phi) is 5.65. The molecule has 0 radical (unpaired) electrons. The summed E-state index contributed by atoms with van der Waals surface area (Å²) in [7, 11) is -3.55. The van der Waals surface area contributed by atoms with E-state index in [0.29, 0.717) is 23.7 Å². The first-order valence-corrected chi connectivity index (χ1v) is 10.4. The van der Waals surface area contributed by atoms with Gasteiger partial charge in [-0.3, -0.25) is 4.79 Å². The minimum Gasteiger partial charge on any atom is -0.346 e. The highest BCUT2D eigenvalue weighted by atomic mass is 35.5. The molecule has 1 saturated heterocycles. The van der Waals surface area contributed by atoms with E-state index in [1.165, 1.54) is 16.4 Å². The topological polar surface area (TPSA) is 66.5 Å². The number of hydrogen-bond acceptors (Lipinski definition) is 3. The van der Waals surface area contributed by atoms with Crippen LogP contribution in [-0.4, -0.2) is 31.7 Å². The van der Waals surface area contributed by atoms with E-state index in [1.807, 2.05) is 19.1 Å². The molecule has 2 aromatic carbocycles. The predicted octanol–water partition coefficient (Wildman–Crippen LogP) is 3.62. The Hall–Kier alpha value is -1.89. The largest absolute Gasteiger partial charge is 0.346 e. The zero-order valence-corrected chi connectivity index (χ0v) is 16.1. The number of carbonyl (C=O) groups is 1. The molecule has 0 bridgehead atoms. The van der Waals surface area contributed by atoms with Crippen molar-refractivity contribution in [1.82, 2.24) is 9.62 Å². The Balaban J connectivity index is 1.78. The van der Waals surface area contributed by atoms with Gasteiger partial charge < -0.3 is 5.32 Å². The lowest BCUT2D eigenvalue weighted by Gasteiger charge is -2.17. The maximum Gasteiger partial charge on any atom is 0.251 e. The summed E-state index contributed by atoms with van der Waals surface area (Å²) in [6.07, 6.45) is 1.74. The molecule has 1 fully saturated rings. The summed E-state index contributed by atoms with van der Waals surface area (Å²) in [6.45, 7) is 2.92. The highest BCUT2D eigenvalue weighted by Gasteiger charge is 2.27. The van der Waals surface area contributed by atoms with Crippen LogP contribution in [0.2, 0.25) is 5.02 Å². The quantitative estimate of drug-likeness (QED) is 0.845. The van der Waals surface area contributed by atoms with Crippen molar-refractivity contribution in [2.45, 2.75) is 30.7 Å². The monoisotopic (exact) mass is 392 g/mol. The summed E-state index contributed by atoms with van der Waals surface area (Å²) in [5.74, 6) is -0.323. The SMILES string of the molecule is CC(NC(=O)c1cccc(S(=O)(=O)N2CCCC2)c1)c1cccc(Cl)c1. The molecule has 7 heteroatoms. The summed E-state index contributed by atoms with van der Waals surface area (Å²) >= 11 is 5.99. The summed E-state index contributed by atoms with van der Waals surface area (Å²) in [6, 6.07) is 13.2. The van der Waals surface area contributed by atoms with E-state index in [1.54, 1.807) is 24.3 Å². The molecule has 1 heterocycles. The van der Waals surface area contributed by atoms with Crippen molar-refractivity contribution >= 4 is 27.5 Å². The van der Waals surface area contributed by atoms with Gasteiger partial charge in [-0.05, 0) is 55.7 Å². The maximum atomic E-state index is 12.7. The molecule has 2 aromatic rings. The number of carbonyl (C=O) groups excluding carboxylic acids is 1. The van der Waals surface area contributed by atoms with E-state index in [0.717, 1.165) is 18.4 Å². The Bertz CT molecular complexity index is 909. The zero-order valence-electron chi connectivity index (χ0n) is 14.5. The molecule has 1 unspecified atom stereocenters. The fourth-order valence-corrected chi connectivity index (χ4v) is 4.78. The van der Waals surface area contributed by atoms with Crippen LogP contribution in [-0.2, 0) is 10.0 Å². The van der Waals surface area contributed by atoms with Crippen molar-refractivity contribution in [3.8, 4) is 0 Å². The van der Waals surface area contributed by atoms with Crippen LogP contribution < -0.4 is 5.32 Å². The summed E-state index contributed by atoms with van der Waals surface area (Å²) in [5, 5.41) is 3.48. The number of nitrogens with one attached hydrogen (secondary N) is 1. The molecule has 26 heavy (non-hydrogen) atoms. The van der Waals surface area contributed by atoms with Gasteiger partial charge in [-0.25, -0.2) is 8.42 Å². The highest BCUT2D eigenvalue weighted by molar-refractivity contribution is 7.89. The Labute approximate surface area is 159 Å². The first-order valence-electron chi connectivity index (χ1n) is 8.54. The molecular formula is C19H21ClN2O3S. The average Bonchev–Trinajstić information content (AvgIpc) is 3.17. The second-order valence-corrected chi connectivity index (χ2v) is 8.76. The Morgan fingerprint density at radius 2 is 1.81 bits per heavy atom. The van der Waals surface area contributed by atoms with Gasteiger partial charge in [-0.15, -0.1) is 0 Å². The van der Waals surface area contributed by atoms with Crippen LogP contribution in [0.4, 0.5) is 0 Å². The van der Waals surface area contributed by atoms with E-state index in [4.69, 9.17) is 11.6 Å². The Morgan fingerprint density at radius 1 is 1.12 bits per heavy atom. The minimum absolute atomic E-state index is 0.155. The third-order valence-electron chi connectivity index (χ3n) is 4.50. The van der Waals surface area contributed by atoms with Gasteiger partial charge in [0, 0.05) is 23.7 Å². The fourth-order valence-electron chi connectivity index (χ4n) is 3.01. The standard InChI is InChI=1S/C19H21ClN2O3S/c1-14(15-6-4-8-17(20)12-15)21-19(23)16-7-5-9-18(13-16)26(24,25)22-10-2-3-11-22/h4-9,12-14H,2-3,10-11H2,1H3,(H,21,23). The van der Waals surface area contributed by atoms with Gasteiger partial charge in [0.2, 0.25) is 10.0 Å². The first kappa shape index (κ1) is 18.9. The van der Waals surface area contributed by atoms with Crippen molar-refractivity contribution < 1.29 is 13.2 Å². The number of rotatable bonds is 5. The van der Waals surface area contributed by atoms with Gasteiger partial charge in [0.1, 0.15) is 0 Å². The molecular weight excluding hydrogens is 372 g/mol. The molecule has 138 valence electrons. The van der Waals surface area contributed by atoms with Crippen molar-refractivity contribution in [2.24, 2.45) is 0 Å². The van der Waals surface area contributed by atoms with Gasteiger partial charge in [-0.1, -0.05) is 29.8 Å². The summed E-state index contributed by atoms with van der Waals surface area (Å²) in [5.41, 5.74) is 1.20. The van der Waals surface area contributed by atoms with Crippen LogP contribution in [0.1, 0.15) is 41.7 Å². The van der Waals surface area contributed by atoms with Crippen LogP contribution in [0.25, 0.3) is 0 Å². The molecule has 1 amide bonds. The molecule has 1 N–H and O–H groups in total. The molecule has 1 aliphatic rings. The van der Waals surface area contributed by atoms with Crippen LogP contribution >= 0.6 is 11.6 Å². The molecule has 5 nitrogen and oxygen atoms in total. The molecule has 1 aliphatic heterocycles. The third kappa shape index (κ3) is 4.09. The number of benzene rings is 2. The molecule has 3 rings (SSSR count). The smallest absolute Gasteiger partial charge is 0.251 e. The number of halogens is 1. The van der Waals surface area contributed by atoms with E-state index in [-0.39, 0.29) is 16.8 Å². The van der Waals surface area contributed by atoms with Crippen molar-refractivity contribution in [2.75, 3.05) is 13.1 Å². The van der Waals surface area contributed by atoms with Crippen molar-refractivity contribution in [3.05, 3.63) is 64.7 Å². The lowest BCUT2D eigenvalue weighted by molar-refractivity contribution is 0.0939. The number of hydrogen-bond donors (Lipinski definition) is 1. The van der Waals surface area contributed by atoms with Gasteiger partial charge in [0.15, 0.2) is 0 Å². The van der Waals surface area contributed by atoms with Gasteiger partial charge in [0.25, 0.3) is 5.91 Å². The van der Waals surface area contributed by atoms with E-state index in [2.05, 4.69) is 5.32 Å². The van der Waals surface area contributed by atoms with Crippen LogP contribution in [0.3, 0.4) is 0 Å². The van der Waals surface area contributed by atoms with E-state index < -0.39 is 10.0 Å². The number of nitrogens with zero attached hydrogens (tertiary/aromatic N) is 1. The van der Waals surface area contributed by atoms with E-state index >= 15 is 0 Å². The second-order valence-electron chi connectivity index (χ2n) is 6.39. The number of sulfonamides is 1. The molecule has 0 aromatic heterocycles. The van der Waals surface area contributed by atoms with Gasteiger partial charge in [0.05, 0.1) is 10.9 Å². The van der Waals surface area contributed by atoms with Gasteiger partial charge >= 0.3 is 0 Å². The molecule has 0 aliphatic carbocycles. The molecule has 1 atom stereocenters. The second kappa shape index (κ2) is 7.78. The minimum atomic E-state index is -3.55. The van der Waals surface area contributed by atoms with Crippen LogP contribution in [0, 0.1) is 0 Å². The average molecular weight is 393 g/mol. The first-order chi connectivity index (χ1) is 12.4. The fraction of sp³-hybridized carbons (Fsp3) is 0.316. The zero-order chi connectivity index (χ0) is 18.7. The summed E-state index contributed by atoms with van der Waals surface area (Å²) in [4.78, 5) is 12.7. The van der Waals surface area contributed by atoms with Crippen molar-refractivity contribution in [1.29, 1.82) is 0 Å². The van der Waals surface area contributed by atoms with Gasteiger partial charge in [-0.2, -0.15) is 4.31 Å². The van der Waals surface area contributed by atoms with Crippen molar-refractivity contribution in [3.63, 3.8) is 0 Å².